The Balaban J connectivity index is 1.75. The van der Waals surface area contributed by atoms with Crippen molar-refractivity contribution in [2.45, 2.75) is 19.1 Å². The molecule has 0 unspecified atom stereocenters. The molecule has 0 bridgehead atoms. The van der Waals surface area contributed by atoms with Crippen LogP contribution in [0.1, 0.15) is 18.6 Å². The van der Waals surface area contributed by atoms with Gasteiger partial charge in [0.2, 0.25) is 0 Å². The zero-order chi connectivity index (χ0) is 14.3. The molecule has 2 heterocycles. The van der Waals surface area contributed by atoms with Crippen molar-refractivity contribution >= 4 is 13.2 Å². The summed E-state index contributed by atoms with van der Waals surface area (Å²) in [4.78, 5) is 0. The molecule has 2 aromatic rings. The van der Waals surface area contributed by atoms with Crippen molar-refractivity contribution in [3.63, 3.8) is 0 Å². The third-order valence-electron chi connectivity index (χ3n) is 4.49. The van der Waals surface area contributed by atoms with Gasteiger partial charge in [0, 0.05) is 0 Å². The third-order valence-corrected chi connectivity index (χ3v) is 8.11. The molecule has 0 aliphatic carbocycles. The van der Waals surface area contributed by atoms with Crippen LogP contribution in [-0.4, -0.2) is 23.9 Å². The van der Waals surface area contributed by atoms with E-state index >= 15 is 0 Å². The normalized spacial score (nSPS) is 29.2. The fourth-order valence-corrected chi connectivity index (χ4v) is 7.19. The summed E-state index contributed by atoms with van der Waals surface area (Å²) in [5.74, 6) is 0. The molecule has 0 saturated carbocycles. The van der Waals surface area contributed by atoms with E-state index in [1.165, 1.54) is 10.9 Å². The maximum absolute atomic E-state index is 6.60. The topological polar surface area (TPSA) is 21.7 Å². The van der Waals surface area contributed by atoms with Gasteiger partial charge in [0.05, 0.1) is 0 Å². The summed E-state index contributed by atoms with van der Waals surface area (Å²) in [6, 6.07) is 21.3. The Morgan fingerprint density at radius 2 is 1.67 bits per heavy atom. The number of fused-ring (bicyclic) bond motifs is 1. The van der Waals surface area contributed by atoms with E-state index in [-0.39, 0.29) is 6.10 Å². The second kappa shape index (κ2) is 5.19. The predicted molar refractivity (Wildman–Crippen MR) is 86.8 cm³/mol. The van der Waals surface area contributed by atoms with E-state index in [1.54, 1.807) is 0 Å². The molecular weight excluding hydrogens is 281 g/mol. The van der Waals surface area contributed by atoms with Crippen LogP contribution < -0.4 is 5.30 Å². The van der Waals surface area contributed by atoms with E-state index in [1.807, 2.05) is 12.1 Å². The first-order valence-corrected chi connectivity index (χ1v) is 9.27. The Hall–Kier alpha value is -1.25. The van der Waals surface area contributed by atoms with Crippen molar-refractivity contribution in [2.24, 2.45) is 0 Å². The van der Waals surface area contributed by atoms with Crippen molar-refractivity contribution < 1.29 is 9.05 Å². The van der Waals surface area contributed by atoms with Crippen LogP contribution in [0, 0.1) is 0 Å². The first-order chi connectivity index (χ1) is 10.3. The summed E-state index contributed by atoms with van der Waals surface area (Å²) in [5.41, 5.74) is 1.24. The Kier molecular flexibility index (Phi) is 3.31. The van der Waals surface area contributed by atoms with Crippen molar-refractivity contribution in [2.75, 3.05) is 13.2 Å². The summed E-state index contributed by atoms with van der Waals surface area (Å²) in [6.45, 7) is 3.99. The van der Waals surface area contributed by atoms with Crippen LogP contribution in [0.4, 0.5) is 0 Å². The van der Waals surface area contributed by atoms with Gasteiger partial charge in [-0.05, 0) is 0 Å². The molecule has 4 rings (SSSR count). The van der Waals surface area contributed by atoms with Gasteiger partial charge >= 0.3 is 125 Å². The van der Waals surface area contributed by atoms with Crippen molar-refractivity contribution in [3.05, 3.63) is 66.2 Å². The molecule has 2 saturated heterocycles. The van der Waals surface area contributed by atoms with Gasteiger partial charge in [0.1, 0.15) is 0 Å². The number of rotatable bonds is 2. The van der Waals surface area contributed by atoms with Crippen molar-refractivity contribution in [1.29, 1.82) is 0 Å². The summed E-state index contributed by atoms with van der Waals surface area (Å²) in [7, 11) is -2.45. The second-order valence-electron chi connectivity index (χ2n) is 5.68. The van der Waals surface area contributed by atoms with Crippen LogP contribution in [-0.2, 0) is 9.05 Å². The zero-order valence-corrected chi connectivity index (χ0v) is 13.1. The Labute approximate surface area is 126 Å². The predicted octanol–water partition coefficient (Wildman–Crippen LogP) is 3.30. The van der Waals surface area contributed by atoms with Gasteiger partial charge < -0.3 is 0 Å². The average molecular weight is 301 g/mol. The molecule has 2 aromatic carbocycles. The third kappa shape index (κ3) is 2.04. The Bertz CT molecular complexity index is 621. The summed E-state index contributed by atoms with van der Waals surface area (Å²) in [5, 5.41) is 1.22. The van der Waals surface area contributed by atoms with Crippen molar-refractivity contribution in [1.82, 2.24) is 4.67 Å². The summed E-state index contributed by atoms with van der Waals surface area (Å²) >= 11 is 0. The van der Waals surface area contributed by atoms with E-state index in [2.05, 4.69) is 60.1 Å². The Morgan fingerprint density at radius 3 is 2.38 bits per heavy atom. The molecule has 21 heavy (non-hydrogen) atoms. The minimum atomic E-state index is -2.45. The van der Waals surface area contributed by atoms with Gasteiger partial charge in [-0.2, -0.15) is 0 Å². The zero-order valence-electron chi connectivity index (χ0n) is 12.1. The molecule has 2 aliphatic rings. The van der Waals surface area contributed by atoms with E-state index in [0.29, 0.717) is 6.04 Å². The van der Waals surface area contributed by atoms with E-state index in [4.69, 9.17) is 9.05 Å². The molecule has 2 aliphatic heterocycles. The van der Waals surface area contributed by atoms with Gasteiger partial charge in [-0.3, -0.25) is 0 Å². The fourth-order valence-electron chi connectivity index (χ4n) is 3.48. The molecule has 2 atom stereocenters. The molecule has 0 aromatic heterocycles. The van der Waals surface area contributed by atoms with Gasteiger partial charge in [0.25, 0.3) is 0 Å². The number of hydrogen-bond acceptors (Lipinski definition) is 3. The number of benzene rings is 2. The van der Waals surface area contributed by atoms with Crippen molar-refractivity contribution in [3.8, 4) is 0 Å². The number of nitrogens with zero attached hydrogens (tertiary/aromatic N) is 1. The molecule has 4 heteroatoms. The van der Waals surface area contributed by atoms with Crippen LogP contribution in [0.5, 0.6) is 0 Å². The number of hydrogen-bond donors (Lipinski definition) is 0. The standard InChI is InChI=1S/C17H20NO2P/c1-14-17(15-8-4-2-5-9-15)20-21(18(14)12-13-19-21)16-10-6-3-7-11-16/h2-11,14,17,21H,12-13H2,1H3/t14-,17-/m1/s1. The Morgan fingerprint density at radius 1 is 1.00 bits per heavy atom. The minimum absolute atomic E-state index is 0.0957. The molecule has 0 amide bonds. The molecule has 0 radical (unpaired) electrons. The molecular formula is C17H20NO2P. The van der Waals surface area contributed by atoms with Gasteiger partial charge in [0.15, 0.2) is 0 Å². The average Bonchev–Trinajstić information content (AvgIpc) is 3.09. The second-order valence-corrected chi connectivity index (χ2v) is 8.52. The monoisotopic (exact) mass is 301 g/mol. The van der Waals surface area contributed by atoms with Crippen LogP contribution in [0.15, 0.2) is 60.7 Å². The van der Waals surface area contributed by atoms with Gasteiger partial charge in [-0.1, -0.05) is 0 Å². The maximum atomic E-state index is 6.60. The summed E-state index contributed by atoms with van der Waals surface area (Å²) < 4.78 is 15.3. The van der Waals surface area contributed by atoms with Crippen LogP contribution in [0.3, 0.4) is 0 Å². The SMILES string of the molecule is C[C@@H]1[C@H](c2ccccc2)O[PH]2(c3ccccc3)OCCN12. The molecule has 0 N–H and O–H groups in total. The van der Waals surface area contributed by atoms with E-state index < -0.39 is 7.87 Å². The van der Waals surface area contributed by atoms with Gasteiger partial charge in [-0.15, -0.1) is 0 Å². The molecule has 3 nitrogen and oxygen atoms in total. The molecule has 2 fully saturated rings. The van der Waals surface area contributed by atoms with Crippen LogP contribution >= 0.6 is 7.87 Å². The fraction of sp³-hybridized carbons (Fsp3) is 0.294. The summed E-state index contributed by atoms with van der Waals surface area (Å²) in [6.07, 6.45) is 0.0957. The van der Waals surface area contributed by atoms with Gasteiger partial charge in [-0.25, -0.2) is 0 Å². The first-order valence-electron chi connectivity index (χ1n) is 7.50. The van der Waals surface area contributed by atoms with Crippen LogP contribution in [0.2, 0.25) is 0 Å². The first kappa shape index (κ1) is 13.4. The molecule has 0 spiro atoms. The van der Waals surface area contributed by atoms with E-state index in [9.17, 15) is 0 Å². The van der Waals surface area contributed by atoms with Crippen LogP contribution in [0.25, 0.3) is 0 Å². The quantitative estimate of drug-likeness (QED) is 0.795. The molecule has 110 valence electrons. The van der Waals surface area contributed by atoms with E-state index in [0.717, 1.165) is 13.2 Å².